The lowest BCUT2D eigenvalue weighted by atomic mass is 9.97. The first-order valence-electron chi connectivity index (χ1n) is 6.88. The van der Waals surface area contributed by atoms with Crippen molar-refractivity contribution in [3.63, 3.8) is 0 Å². The van der Waals surface area contributed by atoms with Crippen molar-refractivity contribution < 1.29 is 14.7 Å². The number of nitrogens with one attached hydrogen (secondary N) is 1. The molecule has 20 heavy (non-hydrogen) atoms. The van der Waals surface area contributed by atoms with Gasteiger partial charge in [0, 0.05) is 6.42 Å². The van der Waals surface area contributed by atoms with Gasteiger partial charge in [0.1, 0.15) is 0 Å². The van der Waals surface area contributed by atoms with Crippen LogP contribution in [0.25, 0.3) is 0 Å². The van der Waals surface area contributed by atoms with E-state index in [1.807, 2.05) is 0 Å². The molecule has 1 aromatic carbocycles. The first-order valence-corrected chi connectivity index (χ1v) is 6.88. The van der Waals surface area contributed by atoms with E-state index in [1.165, 1.54) is 6.42 Å². The quantitative estimate of drug-likeness (QED) is 0.825. The second-order valence-electron chi connectivity index (χ2n) is 5.14. The number of anilines is 1. The van der Waals surface area contributed by atoms with Crippen LogP contribution in [0.1, 0.15) is 48.0 Å². The molecule has 4 heteroatoms. The molecule has 0 saturated heterocycles. The maximum absolute atomic E-state index is 12.0. The van der Waals surface area contributed by atoms with Crippen molar-refractivity contribution in [2.75, 3.05) is 5.32 Å². The van der Waals surface area contributed by atoms with Crippen LogP contribution in [0.2, 0.25) is 0 Å². The van der Waals surface area contributed by atoms with Gasteiger partial charge in [-0.3, -0.25) is 4.79 Å². The Hall–Kier alpha value is -2.10. The monoisotopic (exact) mass is 273 g/mol. The number of hydrogen-bond acceptors (Lipinski definition) is 2. The predicted octanol–water partition coefficient (Wildman–Crippen LogP) is 3.52. The number of carboxylic acids is 1. The molecule has 0 heterocycles. The molecule has 0 aromatic heterocycles. The number of aromatic carboxylic acids is 1. The lowest BCUT2D eigenvalue weighted by molar-refractivity contribution is -0.115. The summed E-state index contributed by atoms with van der Waals surface area (Å²) in [5.41, 5.74) is 2.34. The van der Waals surface area contributed by atoms with Crippen molar-refractivity contribution in [2.24, 2.45) is 0 Å². The SMILES string of the molecule is Cc1cccc(NC(=O)CC2=CCCCC2)c1C(=O)O. The minimum absolute atomic E-state index is 0.147. The number of amides is 1. The number of aryl methyl sites for hydroxylation is 1. The van der Waals surface area contributed by atoms with E-state index < -0.39 is 5.97 Å². The van der Waals surface area contributed by atoms with Crippen molar-refractivity contribution in [1.82, 2.24) is 0 Å². The van der Waals surface area contributed by atoms with Crippen LogP contribution in [-0.4, -0.2) is 17.0 Å². The summed E-state index contributed by atoms with van der Waals surface area (Å²) < 4.78 is 0. The van der Waals surface area contributed by atoms with E-state index in [-0.39, 0.29) is 11.5 Å². The van der Waals surface area contributed by atoms with E-state index >= 15 is 0 Å². The van der Waals surface area contributed by atoms with Crippen LogP contribution in [0.3, 0.4) is 0 Å². The highest BCUT2D eigenvalue weighted by Crippen LogP contribution is 2.23. The van der Waals surface area contributed by atoms with E-state index in [2.05, 4.69) is 11.4 Å². The molecule has 1 amide bonds. The van der Waals surface area contributed by atoms with Crippen LogP contribution < -0.4 is 5.32 Å². The van der Waals surface area contributed by atoms with E-state index in [1.54, 1.807) is 25.1 Å². The maximum atomic E-state index is 12.0. The highest BCUT2D eigenvalue weighted by molar-refractivity contribution is 6.02. The summed E-state index contributed by atoms with van der Waals surface area (Å²) in [7, 11) is 0. The second-order valence-corrected chi connectivity index (χ2v) is 5.14. The molecule has 0 saturated carbocycles. The molecule has 0 spiro atoms. The van der Waals surface area contributed by atoms with Gasteiger partial charge in [0.2, 0.25) is 5.91 Å². The zero-order chi connectivity index (χ0) is 14.5. The van der Waals surface area contributed by atoms with Gasteiger partial charge in [0.15, 0.2) is 0 Å². The second kappa shape index (κ2) is 6.37. The summed E-state index contributed by atoms with van der Waals surface area (Å²) in [6.45, 7) is 1.72. The first kappa shape index (κ1) is 14.3. The van der Waals surface area contributed by atoms with E-state index in [0.717, 1.165) is 24.8 Å². The number of benzene rings is 1. The topological polar surface area (TPSA) is 66.4 Å². The van der Waals surface area contributed by atoms with Crippen molar-refractivity contribution in [2.45, 2.75) is 39.0 Å². The van der Waals surface area contributed by atoms with Gasteiger partial charge in [-0.2, -0.15) is 0 Å². The lowest BCUT2D eigenvalue weighted by Gasteiger charge is -2.14. The summed E-state index contributed by atoms with van der Waals surface area (Å²) in [5.74, 6) is -1.17. The normalized spacial score (nSPS) is 14.6. The highest BCUT2D eigenvalue weighted by atomic mass is 16.4. The van der Waals surface area contributed by atoms with Crippen LogP contribution in [-0.2, 0) is 4.79 Å². The van der Waals surface area contributed by atoms with Crippen LogP contribution in [0, 0.1) is 6.92 Å². The Bertz CT molecular complexity index is 561. The average Bonchev–Trinajstić information content (AvgIpc) is 2.39. The van der Waals surface area contributed by atoms with Gasteiger partial charge in [-0.05, 0) is 44.2 Å². The molecule has 2 rings (SSSR count). The third-order valence-electron chi connectivity index (χ3n) is 3.53. The van der Waals surface area contributed by atoms with Crippen molar-refractivity contribution in [1.29, 1.82) is 0 Å². The van der Waals surface area contributed by atoms with Crippen LogP contribution in [0.4, 0.5) is 5.69 Å². The summed E-state index contributed by atoms with van der Waals surface area (Å²) >= 11 is 0. The van der Waals surface area contributed by atoms with Gasteiger partial charge in [-0.1, -0.05) is 23.8 Å². The minimum atomic E-state index is -1.02. The van der Waals surface area contributed by atoms with E-state index in [4.69, 9.17) is 0 Å². The molecule has 0 fully saturated rings. The van der Waals surface area contributed by atoms with E-state index in [0.29, 0.717) is 17.7 Å². The van der Waals surface area contributed by atoms with Gasteiger partial charge >= 0.3 is 5.97 Å². The maximum Gasteiger partial charge on any atom is 0.338 e. The fourth-order valence-electron chi connectivity index (χ4n) is 2.52. The molecule has 0 aliphatic heterocycles. The average molecular weight is 273 g/mol. The molecule has 2 N–H and O–H groups in total. The fourth-order valence-corrected chi connectivity index (χ4v) is 2.52. The van der Waals surface area contributed by atoms with Crippen molar-refractivity contribution >= 4 is 17.6 Å². The van der Waals surface area contributed by atoms with Gasteiger partial charge in [-0.15, -0.1) is 0 Å². The van der Waals surface area contributed by atoms with Crippen LogP contribution in [0.5, 0.6) is 0 Å². The first-order chi connectivity index (χ1) is 9.58. The van der Waals surface area contributed by atoms with Crippen molar-refractivity contribution in [3.05, 3.63) is 41.0 Å². The number of carbonyl (C=O) groups is 2. The summed E-state index contributed by atoms with van der Waals surface area (Å²) in [6.07, 6.45) is 6.79. The van der Waals surface area contributed by atoms with Gasteiger partial charge in [0.05, 0.1) is 11.3 Å². The summed E-state index contributed by atoms with van der Waals surface area (Å²) in [4.78, 5) is 23.3. The Morgan fingerprint density at radius 2 is 2.10 bits per heavy atom. The highest BCUT2D eigenvalue weighted by Gasteiger charge is 2.16. The fraction of sp³-hybridized carbons (Fsp3) is 0.375. The van der Waals surface area contributed by atoms with Gasteiger partial charge < -0.3 is 10.4 Å². The molecule has 1 aromatic rings. The minimum Gasteiger partial charge on any atom is -0.478 e. The lowest BCUT2D eigenvalue weighted by Crippen LogP contribution is -2.16. The number of carboxylic acid groups (broad SMARTS) is 1. The summed E-state index contributed by atoms with van der Waals surface area (Å²) in [6, 6.07) is 5.10. The zero-order valence-electron chi connectivity index (χ0n) is 11.6. The number of carbonyl (C=O) groups excluding carboxylic acids is 1. The number of rotatable bonds is 4. The summed E-state index contributed by atoms with van der Waals surface area (Å²) in [5, 5.41) is 11.9. The third kappa shape index (κ3) is 3.47. The Labute approximate surface area is 118 Å². The van der Waals surface area contributed by atoms with Crippen LogP contribution >= 0.6 is 0 Å². The van der Waals surface area contributed by atoms with Gasteiger partial charge in [0.25, 0.3) is 0 Å². The predicted molar refractivity (Wildman–Crippen MR) is 77.9 cm³/mol. The molecule has 0 bridgehead atoms. The number of hydrogen-bond donors (Lipinski definition) is 2. The van der Waals surface area contributed by atoms with Crippen molar-refractivity contribution in [3.8, 4) is 0 Å². The van der Waals surface area contributed by atoms with E-state index in [9.17, 15) is 14.7 Å². The largest absolute Gasteiger partial charge is 0.478 e. The Balaban J connectivity index is 2.10. The number of allylic oxidation sites excluding steroid dienone is 1. The third-order valence-corrected chi connectivity index (χ3v) is 3.53. The molecule has 1 aliphatic rings. The molecule has 0 atom stereocenters. The standard InChI is InChI=1S/C16H19NO3/c1-11-6-5-9-13(15(11)16(19)20)17-14(18)10-12-7-3-2-4-8-12/h5-7,9H,2-4,8,10H2,1H3,(H,17,18)(H,19,20). The van der Waals surface area contributed by atoms with Crippen LogP contribution in [0.15, 0.2) is 29.8 Å². The molecular weight excluding hydrogens is 254 g/mol. The molecule has 0 radical (unpaired) electrons. The molecule has 4 nitrogen and oxygen atoms in total. The molecular formula is C16H19NO3. The Kier molecular flexibility index (Phi) is 4.56. The Morgan fingerprint density at radius 3 is 2.75 bits per heavy atom. The van der Waals surface area contributed by atoms with Gasteiger partial charge in [-0.25, -0.2) is 4.79 Å². The zero-order valence-corrected chi connectivity index (χ0v) is 11.6. The Morgan fingerprint density at radius 1 is 1.30 bits per heavy atom. The smallest absolute Gasteiger partial charge is 0.338 e. The molecule has 0 unspecified atom stereocenters. The molecule has 1 aliphatic carbocycles. The molecule has 106 valence electrons.